The molecule has 114 valence electrons. The molecule has 0 aromatic heterocycles. The van der Waals surface area contributed by atoms with Crippen molar-refractivity contribution in [2.24, 2.45) is 11.3 Å². The predicted molar refractivity (Wildman–Crippen MR) is 78.5 cm³/mol. The molecule has 0 bridgehead atoms. The van der Waals surface area contributed by atoms with Crippen molar-refractivity contribution in [3.63, 3.8) is 0 Å². The van der Waals surface area contributed by atoms with Crippen LogP contribution in [-0.2, 0) is 4.79 Å². The number of carboxylic acid groups (broad SMARTS) is 1. The fourth-order valence-corrected chi connectivity index (χ4v) is 2.87. The molecule has 0 aromatic rings. The van der Waals surface area contributed by atoms with Crippen LogP contribution in [0.25, 0.3) is 0 Å². The summed E-state index contributed by atoms with van der Waals surface area (Å²) in [6.07, 6.45) is 4.65. The minimum atomic E-state index is -0.848. The molecule has 0 fully saturated rings. The molecule has 1 rings (SSSR count). The average molecular weight is 282 g/mol. The van der Waals surface area contributed by atoms with E-state index in [2.05, 4.69) is 31.4 Å². The number of carboxylic acids is 1. The van der Waals surface area contributed by atoms with E-state index in [1.54, 1.807) is 12.2 Å². The zero-order chi connectivity index (χ0) is 15.6. The topological polar surface area (TPSA) is 78.4 Å². The SMILES string of the molecule is CC(C)(C)CC(C)(C)NC(=O)NC1C=CC(C(=O)O)C1. The first-order chi connectivity index (χ1) is 8.98. The number of amides is 2. The van der Waals surface area contributed by atoms with E-state index in [1.165, 1.54) is 0 Å². The van der Waals surface area contributed by atoms with Gasteiger partial charge in [-0.15, -0.1) is 0 Å². The molecular formula is C15H26N2O3. The van der Waals surface area contributed by atoms with Gasteiger partial charge < -0.3 is 15.7 Å². The van der Waals surface area contributed by atoms with Crippen molar-refractivity contribution < 1.29 is 14.7 Å². The number of aliphatic carboxylic acids is 1. The first-order valence-electron chi connectivity index (χ1n) is 6.98. The highest BCUT2D eigenvalue weighted by molar-refractivity contribution is 5.76. The van der Waals surface area contributed by atoms with Gasteiger partial charge in [0.25, 0.3) is 0 Å². The third-order valence-electron chi connectivity index (χ3n) is 3.14. The van der Waals surface area contributed by atoms with Gasteiger partial charge in [0.05, 0.1) is 12.0 Å². The summed E-state index contributed by atoms with van der Waals surface area (Å²) in [5.41, 5.74) is -0.185. The molecule has 0 aliphatic heterocycles. The van der Waals surface area contributed by atoms with Crippen LogP contribution in [0.5, 0.6) is 0 Å². The van der Waals surface area contributed by atoms with E-state index in [1.807, 2.05) is 13.8 Å². The second-order valence-electron chi connectivity index (χ2n) is 7.39. The number of hydrogen-bond donors (Lipinski definition) is 3. The number of hydrogen-bond acceptors (Lipinski definition) is 2. The lowest BCUT2D eigenvalue weighted by Crippen LogP contribution is -2.51. The maximum atomic E-state index is 12.0. The van der Waals surface area contributed by atoms with Crippen molar-refractivity contribution in [1.29, 1.82) is 0 Å². The van der Waals surface area contributed by atoms with Crippen LogP contribution in [0.3, 0.4) is 0 Å². The first-order valence-corrected chi connectivity index (χ1v) is 6.98. The summed E-state index contributed by atoms with van der Waals surface area (Å²) >= 11 is 0. The van der Waals surface area contributed by atoms with Gasteiger partial charge in [0.1, 0.15) is 0 Å². The van der Waals surface area contributed by atoms with Gasteiger partial charge >= 0.3 is 12.0 Å². The Morgan fingerprint density at radius 3 is 2.25 bits per heavy atom. The maximum Gasteiger partial charge on any atom is 0.315 e. The lowest BCUT2D eigenvalue weighted by molar-refractivity contribution is -0.140. The van der Waals surface area contributed by atoms with Crippen molar-refractivity contribution >= 4 is 12.0 Å². The van der Waals surface area contributed by atoms with E-state index in [0.29, 0.717) is 6.42 Å². The summed E-state index contributed by atoms with van der Waals surface area (Å²) in [5, 5.41) is 14.7. The molecule has 5 nitrogen and oxygen atoms in total. The molecule has 5 heteroatoms. The molecule has 0 saturated heterocycles. The van der Waals surface area contributed by atoms with Gasteiger partial charge in [-0.3, -0.25) is 4.79 Å². The summed E-state index contributed by atoms with van der Waals surface area (Å²) in [4.78, 5) is 22.8. The van der Waals surface area contributed by atoms with Crippen LogP contribution in [0.15, 0.2) is 12.2 Å². The molecule has 2 atom stereocenters. The zero-order valence-electron chi connectivity index (χ0n) is 13.0. The molecule has 0 saturated carbocycles. The molecule has 1 aliphatic rings. The number of urea groups is 1. The molecular weight excluding hydrogens is 256 g/mol. The minimum Gasteiger partial charge on any atom is -0.481 e. The standard InChI is InChI=1S/C15H26N2O3/c1-14(2,3)9-15(4,5)17-13(20)16-11-7-6-10(8-11)12(18)19/h6-7,10-11H,8-9H2,1-5H3,(H,18,19)(H2,16,17,20). The fraction of sp³-hybridized carbons (Fsp3) is 0.733. The van der Waals surface area contributed by atoms with Crippen molar-refractivity contribution in [2.75, 3.05) is 0 Å². The Hall–Kier alpha value is -1.52. The molecule has 0 heterocycles. The maximum absolute atomic E-state index is 12.0. The van der Waals surface area contributed by atoms with Gasteiger partial charge in [-0.05, 0) is 32.1 Å². The van der Waals surface area contributed by atoms with Crippen LogP contribution in [-0.4, -0.2) is 28.7 Å². The molecule has 0 aromatic carbocycles. The third kappa shape index (κ3) is 5.63. The molecule has 3 N–H and O–H groups in total. The number of nitrogens with one attached hydrogen (secondary N) is 2. The van der Waals surface area contributed by atoms with E-state index < -0.39 is 11.9 Å². The summed E-state index contributed by atoms with van der Waals surface area (Å²) in [6, 6.07) is -0.457. The summed E-state index contributed by atoms with van der Waals surface area (Å²) < 4.78 is 0. The Labute approximate surface area is 120 Å². The largest absolute Gasteiger partial charge is 0.481 e. The van der Waals surface area contributed by atoms with Gasteiger partial charge in [-0.2, -0.15) is 0 Å². The number of carbonyl (C=O) groups is 2. The van der Waals surface area contributed by atoms with Crippen LogP contribution in [0, 0.1) is 11.3 Å². The molecule has 2 amide bonds. The highest BCUT2D eigenvalue weighted by Crippen LogP contribution is 2.26. The molecule has 0 radical (unpaired) electrons. The van der Waals surface area contributed by atoms with Crippen LogP contribution in [0.2, 0.25) is 0 Å². The van der Waals surface area contributed by atoms with Crippen molar-refractivity contribution in [2.45, 2.75) is 59.0 Å². The van der Waals surface area contributed by atoms with Crippen molar-refractivity contribution in [3.05, 3.63) is 12.2 Å². The van der Waals surface area contributed by atoms with Gasteiger partial charge in [-0.1, -0.05) is 32.9 Å². The Kier molecular flexibility index (Phi) is 4.84. The quantitative estimate of drug-likeness (QED) is 0.693. The van der Waals surface area contributed by atoms with E-state index in [9.17, 15) is 9.59 Å². The van der Waals surface area contributed by atoms with Gasteiger partial charge in [0.2, 0.25) is 0 Å². The lowest BCUT2D eigenvalue weighted by Gasteiger charge is -2.33. The Morgan fingerprint density at radius 1 is 1.20 bits per heavy atom. The monoisotopic (exact) mass is 282 g/mol. The second-order valence-corrected chi connectivity index (χ2v) is 7.39. The summed E-state index contributed by atoms with van der Waals surface area (Å²) in [5.74, 6) is -1.35. The molecule has 20 heavy (non-hydrogen) atoms. The van der Waals surface area contributed by atoms with Crippen molar-refractivity contribution in [3.8, 4) is 0 Å². The fourth-order valence-electron chi connectivity index (χ4n) is 2.87. The third-order valence-corrected chi connectivity index (χ3v) is 3.14. The lowest BCUT2D eigenvalue weighted by atomic mass is 9.82. The summed E-state index contributed by atoms with van der Waals surface area (Å²) in [6.45, 7) is 10.4. The Morgan fingerprint density at radius 2 is 1.80 bits per heavy atom. The Balaban J connectivity index is 2.45. The van der Waals surface area contributed by atoms with E-state index in [-0.39, 0.29) is 23.0 Å². The van der Waals surface area contributed by atoms with E-state index in [0.717, 1.165) is 6.42 Å². The normalized spacial score (nSPS) is 22.6. The average Bonchev–Trinajstić information content (AvgIpc) is 2.60. The first kappa shape index (κ1) is 16.5. The minimum absolute atomic E-state index is 0.123. The molecule has 1 aliphatic carbocycles. The van der Waals surface area contributed by atoms with E-state index in [4.69, 9.17) is 5.11 Å². The Bertz CT molecular complexity index is 408. The van der Waals surface area contributed by atoms with Gasteiger partial charge in [-0.25, -0.2) is 4.79 Å². The smallest absolute Gasteiger partial charge is 0.315 e. The highest BCUT2D eigenvalue weighted by atomic mass is 16.4. The van der Waals surface area contributed by atoms with Crippen LogP contribution >= 0.6 is 0 Å². The van der Waals surface area contributed by atoms with E-state index >= 15 is 0 Å². The van der Waals surface area contributed by atoms with Crippen LogP contribution < -0.4 is 10.6 Å². The van der Waals surface area contributed by atoms with Gasteiger partial charge in [0.15, 0.2) is 0 Å². The number of rotatable bonds is 4. The second kappa shape index (κ2) is 5.85. The molecule has 0 spiro atoms. The summed E-state index contributed by atoms with van der Waals surface area (Å²) in [7, 11) is 0. The zero-order valence-corrected chi connectivity index (χ0v) is 13.0. The number of carbonyl (C=O) groups excluding carboxylic acids is 1. The van der Waals surface area contributed by atoms with Crippen LogP contribution in [0.1, 0.15) is 47.5 Å². The van der Waals surface area contributed by atoms with Crippen molar-refractivity contribution in [1.82, 2.24) is 10.6 Å². The van der Waals surface area contributed by atoms with Crippen LogP contribution in [0.4, 0.5) is 4.79 Å². The van der Waals surface area contributed by atoms with Gasteiger partial charge in [0, 0.05) is 5.54 Å². The molecule has 2 unspecified atom stereocenters. The highest BCUT2D eigenvalue weighted by Gasteiger charge is 2.29. The predicted octanol–water partition coefficient (Wildman–Crippen LogP) is 2.53.